The van der Waals surface area contributed by atoms with Crippen molar-refractivity contribution < 1.29 is 45.0 Å². The maximum atomic E-state index is 13.6. The highest BCUT2D eigenvalue weighted by Gasteiger charge is 2.37. The lowest BCUT2D eigenvalue weighted by Gasteiger charge is -2.44. The van der Waals surface area contributed by atoms with Crippen LogP contribution in [0.1, 0.15) is 61.3 Å². The molecule has 1 aliphatic rings. The SMILES string of the molecule is O=C(O)C[C@@H]1CCN([C@H](CCc2cc(F)cc(F)c2)CCC(F)(F)F)[C@H](c2ccc(C(F)(F)F)cc2)C1. The predicted octanol–water partition coefficient (Wildman–Crippen LogP) is 7.56. The van der Waals surface area contributed by atoms with Crippen LogP contribution in [0.5, 0.6) is 0 Å². The minimum Gasteiger partial charge on any atom is -0.481 e. The highest BCUT2D eigenvalue weighted by atomic mass is 19.4. The van der Waals surface area contributed by atoms with Crippen molar-refractivity contribution in [1.82, 2.24) is 4.90 Å². The number of aliphatic carboxylic acids is 1. The Balaban J connectivity index is 1.90. The minimum atomic E-state index is -4.56. The van der Waals surface area contributed by atoms with Crippen LogP contribution in [0.2, 0.25) is 0 Å². The van der Waals surface area contributed by atoms with Gasteiger partial charge in [0.05, 0.1) is 5.56 Å². The van der Waals surface area contributed by atoms with Crippen LogP contribution in [0.3, 0.4) is 0 Å². The van der Waals surface area contributed by atoms with Crippen molar-refractivity contribution in [2.45, 2.75) is 69.4 Å². The molecule has 0 radical (unpaired) electrons. The number of rotatable bonds is 9. The van der Waals surface area contributed by atoms with Gasteiger partial charge in [-0.15, -0.1) is 0 Å². The lowest BCUT2D eigenvalue weighted by molar-refractivity contribution is -0.141. The molecule has 3 atom stereocenters. The molecule has 2 aromatic carbocycles. The van der Waals surface area contributed by atoms with Gasteiger partial charge >= 0.3 is 18.3 Å². The molecular weight excluding hydrogens is 510 g/mol. The highest BCUT2D eigenvalue weighted by Crippen LogP contribution is 2.40. The number of carbonyl (C=O) groups is 1. The minimum absolute atomic E-state index is 0.0893. The summed E-state index contributed by atoms with van der Waals surface area (Å²) in [5, 5.41) is 9.23. The van der Waals surface area contributed by atoms with Crippen LogP contribution in [-0.4, -0.2) is 34.7 Å². The monoisotopic (exact) mass is 537 g/mol. The first-order valence-corrected chi connectivity index (χ1v) is 11.9. The molecule has 11 heteroatoms. The average Bonchev–Trinajstić information content (AvgIpc) is 2.77. The Morgan fingerprint density at radius 1 is 0.973 bits per heavy atom. The number of benzene rings is 2. The number of aryl methyl sites for hydroxylation is 1. The van der Waals surface area contributed by atoms with Crippen molar-refractivity contribution in [1.29, 1.82) is 0 Å². The van der Waals surface area contributed by atoms with Gasteiger partial charge < -0.3 is 5.11 Å². The van der Waals surface area contributed by atoms with Crippen molar-refractivity contribution >= 4 is 5.97 Å². The van der Waals surface area contributed by atoms with E-state index in [2.05, 4.69) is 0 Å². The van der Waals surface area contributed by atoms with E-state index in [1.807, 2.05) is 0 Å². The predicted molar refractivity (Wildman–Crippen MR) is 120 cm³/mol. The zero-order valence-corrected chi connectivity index (χ0v) is 19.8. The average molecular weight is 537 g/mol. The van der Waals surface area contributed by atoms with Crippen LogP contribution in [0.25, 0.3) is 0 Å². The number of likely N-dealkylation sites (tertiary alicyclic amines) is 1. The number of piperidine rings is 1. The summed E-state index contributed by atoms with van der Waals surface area (Å²) < 4.78 is 106. The number of carboxylic acid groups (broad SMARTS) is 1. The van der Waals surface area contributed by atoms with Crippen molar-refractivity contribution in [2.24, 2.45) is 5.92 Å². The Morgan fingerprint density at radius 2 is 1.59 bits per heavy atom. The van der Waals surface area contributed by atoms with Gasteiger partial charge in [-0.1, -0.05) is 12.1 Å². The number of alkyl halides is 6. The molecule has 0 bridgehead atoms. The number of hydrogen-bond donors (Lipinski definition) is 1. The quantitative estimate of drug-likeness (QED) is 0.336. The van der Waals surface area contributed by atoms with E-state index in [-0.39, 0.29) is 50.1 Å². The molecule has 1 fully saturated rings. The van der Waals surface area contributed by atoms with E-state index in [0.29, 0.717) is 18.1 Å². The fourth-order valence-electron chi connectivity index (χ4n) is 5.04. The largest absolute Gasteiger partial charge is 0.481 e. The van der Waals surface area contributed by atoms with Crippen LogP contribution in [0.4, 0.5) is 35.1 Å². The van der Waals surface area contributed by atoms with Gasteiger partial charge in [0.25, 0.3) is 0 Å². The second-order valence-electron chi connectivity index (χ2n) is 9.49. The van der Waals surface area contributed by atoms with E-state index < -0.39 is 54.0 Å². The third-order valence-electron chi connectivity index (χ3n) is 6.76. The molecule has 37 heavy (non-hydrogen) atoms. The van der Waals surface area contributed by atoms with E-state index in [1.165, 1.54) is 12.1 Å². The van der Waals surface area contributed by atoms with Crippen molar-refractivity contribution in [2.75, 3.05) is 6.54 Å². The summed E-state index contributed by atoms with van der Waals surface area (Å²) in [5.74, 6) is -2.95. The molecule has 0 aromatic heterocycles. The first kappa shape index (κ1) is 28.9. The van der Waals surface area contributed by atoms with Crippen LogP contribution in [-0.2, 0) is 17.4 Å². The van der Waals surface area contributed by atoms with Gasteiger partial charge in [-0.3, -0.25) is 9.69 Å². The second-order valence-corrected chi connectivity index (χ2v) is 9.49. The molecule has 0 aliphatic carbocycles. The van der Waals surface area contributed by atoms with Gasteiger partial charge in [0.15, 0.2) is 0 Å². The van der Waals surface area contributed by atoms with Crippen LogP contribution in [0, 0.1) is 17.6 Å². The van der Waals surface area contributed by atoms with E-state index in [0.717, 1.165) is 24.3 Å². The zero-order valence-electron chi connectivity index (χ0n) is 19.8. The van der Waals surface area contributed by atoms with E-state index in [4.69, 9.17) is 0 Å². The normalized spacial score (nSPS) is 20.1. The third-order valence-corrected chi connectivity index (χ3v) is 6.76. The molecular formula is C26H27F8NO2. The first-order chi connectivity index (χ1) is 17.2. The van der Waals surface area contributed by atoms with Gasteiger partial charge in [-0.25, -0.2) is 8.78 Å². The molecule has 0 spiro atoms. The molecule has 2 aromatic rings. The Labute approximate surface area is 209 Å². The van der Waals surface area contributed by atoms with Gasteiger partial charge in [-0.2, -0.15) is 26.3 Å². The van der Waals surface area contributed by atoms with Crippen LogP contribution in [0.15, 0.2) is 42.5 Å². The van der Waals surface area contributed by atoms with Crippen molar-refractivity contribution in [3.63, 3.8) is 0 Å². The van der Waals surface area contributed by atoms with Crippen LogP contribution >= 0.6 is 0 Å². The summed E-state index contributed by atoms with van der Waals surface area (Å²) >= 11 is 0. The lowest BCUT2D eigenvalue weighted by Crippen LogP contribution is -2.44. The topological polar surface area (TPSA) is 40.5 Å². The Morgan fingerprint density at radius 3 is 2.14 bits per heavy atom. The Hall–Kier alpha value is -2.69. The first-order valence-electron chi connectivity index (χ1n) is 11.9. The lowest BCUT2D eigenvalue weighted by atomic mass is 9.83. The van der Waals surface area contributed by atoms with Gasteiger partial charge in [0, 0.05) is 31.0 Å². The highest BCUT2D eigenvalue weighted by molar-refractivity contribution is 5.67. The molecule has 204 valence electrons. The third kappa shape index (κ3) is 8.69. The fourth-order valence-corrected chi connectivity index (χ4v) is 5.04. The van der Waals surface area contributed by atoms with Crippen molar-refractivity contribution in [3.05, 3.63) is 70.8 Å². The maximum absolute atomic E-state index is 13.6. The van der Waals surface area contributed by atoms with Gasteiger partial charge in [0.1, 0.15) is 11.6 Å². The summed E-state index contributed by atoms with van der Waals surface area (Å²) in [6.07, 6.45) is -9.76. The number of carboxylic acids is 1. The zero-order chi connectivity index (χ0) is 27.4. The second kappa shape index (κ2) is 11.8. The fraction of sp³-hybridized carbons (Fsp3) is 0.500. The molecule has 1 N–H and O–H groups in total. The summed E-state index contributed by atoms with van der Waals surface area (Å²) in [7, 11) is 0. The van der Waals surface area contributed by atoms with Gasteiger partial charge in [-0.05, 0) is 80.0 Å². The number of nitrogens with zero attached hydrogens (tertiary/aromatic N) is 1. The smallest absolute Gasteiger partial charge is 0.416 e. The summed E-state index contributed by atoms with van der Waals surface area (Å²) in [6, 6.07) is 5.93. The molecule has 3 rings (SSSR count). The summed E-state index contributed by atoms with van der Waals surface area (Å²) in [5.41, 5.74) is -0.152. The van der Waals surface area contributed by atoms with Crippen LogP contribution < -0.4 is 0 Å². The van der Waals surface area contributed by atoms with E-state index in [1.54, 1.807) is 4.90 Å². The number of hydrogen-bond acceptors (Lipinski definition) is 2. The summed E-state index contributed by atoms with van der Waals surface area (Å²) in [6.45, 7) is 0.240. The van der Waals surface area contributed by atoms with E-state index in [9.17, 15) is 45.0 Å². The maximum Gasteiger partial charge on any atom is 0.416 e. The molecule has 3 nitrogen and oxygen atoms in total. The molecule has 1 saturated heterocycles. The molecule has 0 unspecified atom stereocenters. The number of halogens is 8. The van der Waals surface area contributed by atoms with Crippen molar-refractivity contribution in [3.8, 4) is 0 Å². The van der Waals surface area contributed by atoms with Gasteiger partial charge in [0.2, 0.25) is 0 Å². The van der Waals surface area contributed by atoms with E-state index >= 15 is 0 Å². The summed E-state index contributed by atoms with van der Waals surface area (Å²) in [4.78, 5) is 13.1. The molecule has 0 amide bonds. The standard InChI is InChI=1S/C26H27F8NO2/c27-20-11-16(12-21(28)15-20)1-6-22(7-9-25(29,30)31)35-10-8-17(14-24(36)37)13-23(35)18-2-4-19(5-3-18)26(32,33)34/h2-5,11-12,15,17,22-23H,1,6-10,13-14H2,(H,36,37)/t17-,22-,23+/m1/s1. The Kier molecular flexibility index (Phi) is 9.20. The molecule has 1 heterocycles. The molecule has 1 aliphatic heterocycles. The molecule has 0 saturated carbocycles. The Bertz CT molecular complexity index is 1030.